The normalized spacial score (nSPS) is 15.8. The lowest BCUT2D eigenvalue weighted by atomic mass is 10.1. The molecule has 0 aliphatic carbocycles. The quantitative estimate of drug-likeness (QED) is 0.415. The molecule has 1 aliphatic heterocycles. The molecule has 0 atom stereocenters. The number of para-hydroxylation sites is 1. The number of hydrogen-bond donors (Lipinski definition) is 1. The average Bonchev–Trinajstić information content (AvgIpc) is 2.66. The minimum Gasteiger partial charge on any atom is -0.378 e. The van der Waals surface area contributed by atoms with Crippen molar-refractivity contribution in [1.29, 1.82) is 0 Å². The van der Waals surface area contributed by atoms with Gasteiger partial charge in [0.25, 0.3) is 0 Å². The van der Waals surface area contributed by atoms with E-state index in [-0.39, 0.29) is 24.0 Å². The first-order valence-electron chi connectivity index (χ1n) is 9.21. The fourth-order valence-corrected chi connectivity index (χ4v) is 3.48. The fourth-order valence-electron chi connectivity index (χ4n) is 3.48. The maximum Gasteiger partial charge on any atom is 0.193 e. The zero-order valence-electron chi connectivity index (χ0n) is 15.6. The van der Waals surface area contributed by atoms with E-state index in [4.69, 9.17) is 4.74 Å². The summed E-state index contributed by atoms with van der Waals surface area (Å²) >= 11 is 0. The molecule has 1 saturated heterocycles. The second kappa shape index (κ2) is 10.7. The van der Waals surface area contributed by atoms with Crippen LogP contribution in [0, 0.1) is 0 Å². The zero-order valence-corrected chi connectivity index (χ0v) is 18.0. The number of pyridine rings is 1. The van der Waals surface area contributed by atoms with E-state index in [1.165, 1.54) is 10.9 Å². The van der Waals surface area contributed by atoms with E-state index >= 15 is 0 Å². The van der Waals surface area contributed by atoms with Gasteiger partial charge in [-0.15, -0.1) is 24.0 Å². The van der Waals surface area contributed by atoms with Gasteiger partial charge in [0.2, 0.25) is 0 Å². The molecular formula is C20H29IN4O. The third-order valence-corrected chi connectivity index (χ3v) is 4.75. The summed E-state index contributed by atoms with van der Waals surface area (Å²) in [4.78, 5) is 11.3. The van der Waals surface area contributed by atoms with Crippen LogP contribution in [0.4, 0.5) is 0 Å². The Balaban J connectivity index is 0.00000243. The van der Waals surface area contributed by atoms with Gasteiger partial charge in [0.1, 0.15) is 0 Å². The number of nitrogens with one attached hydrogen (secondary N) is 1. The number of ether oxygens (including phenoxy) is 1. The topological polar surface area (TPSA) is 49.8 Å². The number of rotatable bonds is 5. The Morgan fingerprint density at radius 2 is 2.04 bits per heavy atom. The summed E-state index contributed by atoms with van der Waals surface area (Å²) < 4.78 is 5.73. The van der Waals surface area contributed by atoms with Crippen molar-refractivity contribution in [2.24, 2.45) is 4.99 Å². The summed E-state index contributed by atoms with van der Waals surface area (Å²) in [7, 11) is 1.86. The Bertz CT molecular complexity index is 709. The molecule has 0 bridgehead atoms. The molecule has 0 amide bonds. The molecule has 1 aliphatic rings. The lowest BCUT2D eigenvalue weighted by Gasteiger charge is -2.34. The minimum atomic E-state index is 0. The van der Waals surface area contributed by atoms with Crippen LogP contribution in [0.1, 0.15) is 25.3 Å². The molecule has 6 heteroatoms. The summed E-state index contributed by atoms with van der Waals surface area (Å²) in [6.45, 7) is 5.72. The molecule has 1 aromatic carbocycles. The van der Waals surface area contributed by atoms with E-state index in [1.54, 1.807) is 0 Å². The number of hydrogen-bond acceptors (Lipinski definition) is 3. The van der Waals surface area contributed by atoms with Crippen molar-refractivity contribution in [2.45, 2.75) is 32.3 Å². The number of aromatic nitrogens is 1. The second-order valence-electron chi connectivity index (χ2n) is 6.36. The van der Waals surface area contributed by atoms with Crippen LogP contribution in [0.3, 0.4) is 0 Å². The van der Waals surface area contributed by atoms with Crippen LogP contribution in [0.25, 0.3) is 10.9 Å². The molecule has 3 rings (SSSR count). The molecule has 1 fully saturated rings. The third-order valence-electron chi connectivity index (χ3n) is 4.75. The highest BCUT2D eigenvalue weighted by atomic mass is 127. The molecule has 0 unspecified atom stereocenters. The highest BCUT2D eigenvalue weighted by Crippen LogP contribution is 2.16. The zero-order chi connectivity index (χ0) is 17.5. The highest BCUT2D eigenvalue weighted by molar-refractivity contribution is 14.0. The van der Waals surface area contributed by atoms with Gasteiger partial charge in [-0.1, -0.05) is 24.3 Å². The van der Waals surface area contributed by atoms with Gasteiger partial charge in [0, 0.05) is 44.9 Å². The molecule has 0 radical (unpaired) electrons. The van der Waals surface area contributed by atoms with Gasteiger partial charge >= 0.3 is 0 Å². The molecule has 2 aromatic rings. The van der Waals surface area contributed by atoms with Crippen LogP contribution in [0.2, 0.25) is 0 Å². The van der Waals surface area contributed by atoms with Gasteiger partial charge in [-0.2, -0.15) is 0 Å². The summed E-state index contributed by atoms with van der Waals surface area (Å²) in [5.41, 5.74) is 2.37. The Labute approximate surface area is 173 Å². The number of halogens is 1. The van der Waals surface area contributed by atoms with Crippen LogP contribution in [-0.2, 0) is 11.2 Å². The van der Waals surface area contributed by atoms with Crippen molar-refractivity contribution in [3.05, 3.63) is 42.1 Å². The van der Waals surface area contributed by atoms with Gasteiger partial charge in [-0.05, 0) is 37.8 Å². The van der Waals surface area contributed by atoms with Crippen molar-refractivity contribution in [3.63, 3.8) is 0 Å². The summed E-state index contributed by atoms with van der Waals surface area (Å²) in [5, 5.41) is 4.70. The highest BCUT2D eigenvalue weighted by Gasteiger charge is 2.21. The largest absolute Gasteiger partial charge is 0.378 e. The Morgan fingerprint density at radius 3 is 2.77 bits per heavy atom. The van der Waals surface area contributed by atoms with Crippen molar-refractivity contribution in [3.8, 4) is 0 Å². The molecule has 1 aromatic heterocycles. The Kier molecular flexibility index (Phi) is 8.58. The molecule has 0 spiro atoms. The van der Waals surface area contributed by atoms with Gasteiger partial charge in [0.15, 0.2) is 5.96 Å². The number of fused-ring (bicyclic) bond motifs is 1. The first kappa shape index (κ1) is 20.9. The molecule has 0 saturated carbocycles. The first-order valence-corrected chi connectivity index (χ1v) is 9.21. The van der Waals surface area contributed by atoms with Gasteiger partial charge in [-0.3, -0.25) is 9.98 Å². The van der Waals surface area contributed by atoms with Crippen molar-refractivity contribution < 1.29 is 4.74 Å². The van der Waals surface area contributed by atoms with Gasteiger partial charge in [-0.25, -0.2) is 0 Å². The first-order chi connectivity index (χ1) is 12.3. The molecule has 26 heavy (non-hydrogen) atoms. The number of likely N-dealkylation sites (tertiary alicyclic amines) is 1. The van der Waals surface area contributed by atoms with Crippen molar-refractivity contribution >= 4 is 40.8 Å². The predicted octanol–water partition coefficient (Wildman–Crippen LogP) is 3.47. The van der Waals surface area contributed by atoms with Crippen LogP contribution in [0.15, 0.2) is 41.5 Å². The van der Waals surface area contributed by atoms with E-state index in [2.05, 4.69) is 51.4 Å². The fraction of sp³-hybridized carbons (Fsp3) is 0.500. The maximum atomic E-state index is 5.73. The van der Waals surface area contributed by atoms with E-state index in [0.717, 1.165) is 57.0 Å². The van der Waals surface area contributed by atoms with E-state index in [9.17, 15) is 0 Å². The summed E-state index contributed by atoms with van der Waals surface area (Å²) in [5.74, 6) is 0.989. The van der Waals surface area contributed by atoms with Crippen molar-refractivity contribution in [1.82, 2.24) is 15.2 Å². The van der Waals surface area contributed by atoms with Crippen molar-refractivity contribution in [2.75, 3.05) is 33.3 Å². The van der Waals surface area contributed by atoms with E-state index in [1.807, 2.05) is 19.3 Å². The predicted molar refractivity (Wildman–Crippen MR) is 118 cm³/mol. The average molecular weight is 468 g/mol. The van der Waals surface area contributed by atoms with Gasteiger partial charge in [0.05, 0.1) is 11.6 Å². The molecule has 2 heterocycles. The molecule has 1 N–H and O–H groups in total. The summed E-state index contributed by atoms with van der Waals surface area (Å²) in [6.07, 6.45) is 5.34. The number of nitrogens with zero attached hydrogens (tertiary/aromatic N) is 3. The number of guanidine groups is 1. The smallest absolute Gasteiger partial charge is 0.193 e. The third kappa shape index (κ3) is 5.30. The van der Waals surface area contributed by atoms with Crippen LogP contribution in [0.5, 0.6) is 0 Å². The molecular weight excluding hydrogens is 439 g/mol. The SMILES string of the molecule is CCOC1CCN(C(=NC)NCCc2cccc3cccnc23)CC1.I. The van der Waals surface area contributed by atoms with Crippen LogP contribution in [-0.4, -0.2) is 55.2 Å². The Hall–Kier alpha value is -1.41. The lowest BCUT2D eigenvalue weighted by molar-refractivity contribution is 0.0264. The van der Waals surface area contributed by atoms with Crippen LogP contribution >= 0.6 is 24.0 Å². The standard InChI is InChI=1S/C20H28N4O.HI/c1-3-25-18-10-14-24(15-11-18)20(21-2)23-13-9-17-7-4-6-16-8-5-12-22-19(16)17;/h4-8,12,18H,3,9-11,13-15H2,1-2H3,(H,21,23);1H. The van der Waals surface area contributed by atoms with E-state index < -0.39 is 0 Å². The minimum absolute atomic E-state index is 0. The summed E-state index contributed by atoms with van der Waals surface area (Å²) in [6, 6.07) is 10.5. The lowest BCUT2D eigenvalue weighted by Crippen LogP contribution is -2.47. The number of benzene rings is 1. The van der Waals surface area contributed by atoms with Crippen LogP contribution < -0.4 is 5.32 Å². The monoisotopic (exact) mass is 468 g/mol. The van der Waals surface area contributed by atoms with E-state index in [0.29, 0.717) is 6.10 Å². The number of aliphatic imine (C=N–C) groups is 1. The van der Waals surface area contributed by atoms with Gasteiger partial charge < -0.3 is 15.0 Å². The number of piperidine rings is 1. The maximum absolute atomic E-state index is 5.73. The molecule has 142 valence electrons. The second-order valence-corrected chi connectivity index (χ2v) is 6.36. The molecule has 5 nitrogen and oxygen atoms in total. The Morgan fingerprint density at radius 1 is 1.27 bits per heavy atom.